The molecule has 0 rings (SSSR count). The molecule has 0 aliphatic heterocycles. The lowest BCUT2D eigenvalue weighted by atomic mass is 10.2. The number of ether oxygens (including phenoxy) is 2. The summed E-state index contributed by atoms with van der Waals surface area (Å²) in [6, 6.07) is 0. The van der Waals surface area contributed by atoms with Gasteiger partial charge in [0.15, 0.2) is 0 Å². The topological polar surface area (TPSA) is 47.6 Å². The minimum absolute atomic E-state index is 0.0783. The van der Waals surface area contributed by atoms with Gasteiger partial charge in [0, 0.05) is 20.8 Å². The fourth-order valence-electron chi connectivity index (χ4n) is 0.869. The van der Waals surface area contributed by atoms with Crippen molar-refractivity contribution in [3.05, 3.63) is 0 Å². The highest BCUT2D eigenvalue weighted by Gasteiger charge is 2.11. The van der Waals surface area contributed by atoms with Gasteiger partial charge in [-0.05, 0) is 12.8 Å². The van der Waals surface area contributed by atoms with E-state index < -0.39 is 0 Å². The maximum Gasteiger partial charge on any atom is 0.248 e. The minimum Gasteiger partial charge on any atom is -0.384 e. The monoisotopic (exact) mass is 189 g/mol. The first kappa shape index (κ1) is 12.4. The highest BCUT2D eigenvalue weighted by atomic mass is 16.5. The van der Waals surface area contributed by atoms with Crippen molar-refractivity contribution in [1.29, 1.82) is 0 Å². The number of carbonyl (C=O) groups excluding carboxylic acids is 1. The molecule has 4 heteroatoms. The molecule has 0 spiro atoms. The van der Waals surface area contributed by atoms with Gasteiger partial charge < -0.3 is 14.8 Å². The quantitative estimate of drug-likeness (QED) is 0.658. The largest absolute Gasteiger partial charge is 0.384 e. The second-order valence-corrected chi connectivity index (χ2v) is 3.18. The Labute approximate surface area is 79.6 Å². The summed E-state index contributed by atoms with van der Waals surface area (Å²) in [6.07, 6.45) is -0.380. The number of hydrogen-bond donors (Lipinski definition) is 1. The maximum absolute atomic E-state index is 11.2. The smallest absolute Gasteiger partial charge is 0.248 e. The zero-order chi connectivity index (χ0) is 10.3. The van der Waals surface area contributed by atoms with Gasteiger partial charge in [0.1, 0.15) is 6.10 Å². The van der Waals surface area contributed by atoms with E-state index in [1.165, 1.54) is 7.11 Å². The van der Waals surface area contributed by atoms with Crippen LogP contribution in [-0.4, -0.2) is 39.4 Å². The fourth-order valence-corrected chi connectivity index (χ4v) is 0.869. The van der Waals surface area contributed by atoms with Crippen molar-refractivity contribution < 1.29 is 14.3 Å². The first-order valence-electron chi connectivity index (χ1n) is 4.41. The standard InChI is InChI=1S/C9H19NO3/c1-7(6-12-3)5-10-9(11)8(2)13-4/h7-8H,5-6H2,1-4H3,(H,10,11). The molecule has 78 valence electrons. The average molecular weight is 189 g/mol. The second-order valence-electron chi connectivity index (χ2n) is 3.18. The number of carbonyl (C=O) groups is 1. The molecular weight excluding hydrogens is 170 g/mol. The molecule has 0 aromatic rings. The molecule has 1 N–H and O–H groups in total. The minimum atomic E-state index is -0.380. The number of rotatable bonds is 6. The third-order valence-corrected chi connectivity index (χ3v) is 1.80. The molecule has 0 saturated carbocycles. The lowest BCUT2D eigenvalue weighted by molar-refractivity contribution is -0.130. The first-order chi connectivity index (χ1) is 6.11. The molecule has 2 unspecified atom stereocenters. The lowest BCUT2D eigenvalue weighted by Gasteiger charge is -2.14. The molecule has 0 heterocycles. The van der Waals surface area contributed by atoms with E-state index in [9.17, 15) is 4.79 Å². The molecule has 0 aromatic heterocycles. The summed E-state index contributed by atoms with van der Waals surface area (Å²) in [6.45, 7) is 5.01. The second kappa shape index (κ2) is 6.86. The van der Waals surface area contributed by atoms with E-state index in [4.69, 9.17) is 9.47 Å². The molecule has 2 atom stereocenters. The van der Waals surface area contributed by atoms with Crippen LogP contribution >= 0.6 is 0 Å². The molecule has 0 aliphatic carbocycles. The van der Waals surface area contributed by atoms with Gasteiger partial charge in [-0.1, -0.05) is 6.92 Å². The normalized spacial score (nSPS) is 15.1. The van der Waals surface area contributed by atoms with Crippen LogP contribution in [0.25, 0.3) is 0 Å². The van der Waals surface area contributed by atoms with Crippen LogP contribution in [0, 0.1) is 5.92 Å². The third-order valence-electron chi connectivity index (χ3n) is 1.80. The van der Waals surface area contributed by atoms with Crippen LogP contribution in [0.1, 0.15) is 13.8 Å². The van der Waals surface area contributed by atoms with Crippen LogP contribution in [0.15, 0.2) is 0 Å². The lowest BCUT2D eigenvalue weighted by Crippen LogP contribution is -2.37. The Morgan fingerprint density at radius 3 is 2.46 bits per heavy atom. The zero-order valence-corrected chi connectivity index (χ0v) is 8.79. The van der Waals surface area contributed by atoms with Gasteiger partial charge >= 0.3 is 0 Å². The first-order valence-corrected chi connectivity index (χ1v) is 4.41. The van der Waals surface area contributed by atoms with Gasteiger partial charge in [-0.2, -0.15) is 0 Å². The van der Waals surface area contributed by atoms with Crippen LogP contribution in [0.5, 0.6) is 0 Å². The number of methoxy groups -OCH3 is 2. The molecule has 1 amide bonds. The number of hydrogen-bond acceptors (Lipinski definition) is 3. The SMILES string of the molecule is COCC(C)CNC(=O)C(C)OC. The van der Waals surface area contributed by atoms with E-state index in [1.807, 2.05) is 6.92 Å². The average Bonchev–Trinajstić information content (AvgIpc) is 2.13. The Balaban J connectivity index is 3.57. The van der Waals surface area contributed by atoms with E-state index in [0.717, 1.165) is 0 Å². The van der Waals surface area contributed by atoms with E-state index in [0.29, 0.717) is 19.1 Å². The Hall–Kier alpha value is -0.610. The van der Waals surface area contributed by atoms with Gasteiger partial charge in [-0.25, -0.2) is 0 Å². The van der Waals surface area contributed by atoms with Crippen LogP contribution < -0.4 is 5.32 Å². The zero-order valence-electron chi connectivity index (χ0n) is 8.79. The van der Waals surface area contributed by atoms with Gasteiger partial charge in [0.2, 0.25) is 5.91 Å². The molecule has 0 aromatic carbocycles. The Bertz CT molecular complexity index is 150. The summed E-state index contributed by atoms with van der Waals surface area (Å²) in [5.74, 6) is 0.253. The molecular formula is C9H19NO3. The Morgan fingerprint density at radius 2 is 2.00 bits per heavy atom. The molecule has 0 fully saturated rings. The van der Waals surface area contributed by atoms with Crippen LogP contribution in [0.3, 0.4) is 0 Å². The maximum atomic E-state index is 11.2. The molecule has 0 bridgehead atoms. The van der Waals surface area contributed by atoms with Crippen LogP contribution in [-0.2, 0) is 14.3 Å². The Morgan fingerprint density at radius 1 is 1.38 bits per heavy atom. The number of amides is 1. The van der Waals surface area contributed by atoms with Crippen molar-refractivity contribution in [2.45, 2.75) is 20.0 Å². The van der Waals surface area contributed by atoms with Crippen LogP contribution in [0.2, 0.25) is 0 Å². The Kier molecular flexibility index (Phi) is 6.54. The van der Waals surface area contributed by atoms with Crippen molar-refractivity contribution in [3.63, 3.8) is 0 Å². The van der Waals surface area contributed by atoms with E-state index in [2.05, 4.69) is 5.32 Å². The predicted octanol–water partition coefficient (Wildman–Crippen LogP) is 0.420. The summed E-state index contributed by atoms with van der Waals surface area (Å²) in [5, 5.41) is 2.77. The van der Waals surface area contributed by atoms with E-state index in [-0.39, 0.29) is 12.0 Å². The molecule has 13 heavy (non-hydrogen) atoms. The van der Waals surface area contributed by atoms with Crippen LogP contribution in [0.4, 0.5) is 0 Å². The predicted molar refractivity (Wildman–Crippen MR) is 50.5 cm³/mol. The highest BCUT2D eigenvalue weighted by molar-refractivity contribution is 5.80. The van der Waals surface area contributed by atoms with Gasteiger partial charge in [0.25, 0.3) is 0 Å². The van der Waals surface area contributed by atoms with E-state index in [1.54, 1.807) is 14.0 Å². The summed E-state index contributed by atoms with van der Waals surface area (Å²) in [4.78, 5) is 11.2. The summed E-state index contributed by atoms with van der Waals surface area (Å²) >= 11 is 0. The molecule has 0 radical (unpaired) electrons. The van der Waals surface area contributed by atoms with Crippen molar-refractivity contribution in [1.82, 2.24) is 5.32 Å². The summed E-state index contributed by atoms with van der Waals surface area (Å²) in [7, 11) is 3.17. The highest BCUT2D eigenvalue weighted by Crippen LogP contribution is 1.93. The third kappa shape index (κ3) is 5.60. The van der Waals surface area contributed by atoms with Crippen molar-refractivity contribution in [2.24, 2.45) is 5.92 Å². The molecule has 0 aliphatic rings. The van der Waals surface area contributed by atoms with Crippen molar-refractivity contribution >= 4 is 5.91 Å². The number of nitrogens with one attached hydrogen (secondary N) is 1. The summed E-state index contributed by atoms with van der Waals surface area (Å²) < 4.78 is 9.80. The van der Waals surface area contributed by atoms with E-state index >= 15 is 0 Å². The van der Waals surface area contributed by atoms with Crippen molar-refractivity contribution in [3.8, 4) is 0 Å². The summed E-state index contributed by atoms with van der Waals surface area (Å²) in [5.41, 5.74) is 0. The van der Waals surface area contributed by atoms with Gasteiger partial charge in [-0.15, -0.1) is 0 Å². The molecule has 4 nitrogen and oxygen atoms in total. The van der Waals surface area contributed by atoms with Gasteiger partial charge in [-0.3, -0.25) is 4.79 Å². The fraction of sp³-hybridized carbons (Fsp3) is 0.889. The van der Waals surface area contributed by atoms with Crippen molar-refractivity contribution in [2.75, 3.05) is 27.4 Å². The molecule has 0 saturated heterocycles. The van der Waals surface area contributed by atoms with Gasteiger partial charge in [0.05, 0.1) is 6.61 Å².